The van der Waals surface area contributed by atoms with E-state index >= 15 is 0 Å². The Hall–Kier alpha value is -1.96. The van der Waals surface area contributed by atoms with Crippen molar-refractivity contribution in [2.75, 3.05) is 13.2 Å². The summed E-state index contributed by atoms with van der Waals surface area (Å²) in [6.07, 6.45) is -2.77. The van der Waals surface area contributed by atoms with E-state index in [4.69, 9.17) is 27.9 Å². The van der Waals surface area contributed by atoms with Gasteiger partial charge in [-0.1, -0.05) is 29.6 Å². The maximum Gasteiger partial charge on any atom is 0.416 e. The fraction of sp³-hybridized carbons (Fsp3) is 0.409. The van der Waals surface area contributed by atoms with E-state index < -0.39 is 29.8 Å². The Bertz CT molecular complexity index is 952. The fourth-order valence-corrected chi connectivity index (χ4v) is 4.40. The van der Waals surface area contributed by atoms with Crippen LogP contribution >= 0.6 is 23.2 Å². The highest BCUT2D eigenvalue weighted by Crippen LogP contribution is 2.43. The predicted molar refractivity (Wildman–Crippen MR) is 113 cm³/mol. The molecule has 2 unspecified atom stereocenters. The molecule has 4 nitrogen and oxygen atoms in total. The van der Waals surface area contributed by atoms with Crippen LogP contribution in [0.2, 0.25) is 10.0 Å². The number of hydrogen-bond acceptors (Lipinski definition) is 3. The normalized spacial score (nSPS) is 18.6. The van der Waals surface area contributed by atoms with Gasteiger partial charge < -0.3 is 9.84 Å². The van der Waals surface area contributed by atoms with Gasteiger partial charge in [0.1, 0.15) is 11.8 Å². The molecule has 1 N–H and O–H groups in total. The van der Waals surface area contributed by atoms with Crippen LogP contribution < -0.4 is 4.74 Å². The third-order valence-corrected chi connectivity index (χ3v) is 5.92. The van der Waals surface area contributed by atoms with Crippen molar-refractivity contribution in [1.29, 1.82) is 0 Å². The first-order valence-corrected chi connectivity index (χ1v) is 10.7. The van der Waals surface area contributed by atoms with E-state index in [1.165, 1.54) is 6.07 Å². The summed E-state index contributed by atoms with van der Waals surface area (Å²) < 4.78 is 46.2. The second-order valence-electron chi connectivity index (χ2n) is 7.34. The quantitative estimate of drug-likeness (QED) is 0.522. The van der Waals surface area contributed by atoms with E-state index in [-0.39, 0.29) is 10.6 Å². The first-order valence-electron chi connectivity index (χ1n) is 9.91. The molecular weight excluding hydrogens is 454 g/mol. The number of halogens is 5. The Morgan fingerprint density at radius 2 is 1.94 bits per heavy atom. The lowest BCUT2D eigenvalue weighted by atomic mass is 9.90. The lowest BCUT2D eigenvalue weighted by molar-refractivity contribution is -0.145. The van der Waals surface area contributed by atoms with Crippen molar-refractivity contribution in [1.82, 2.24) is 4.90 Å². The largest absolute Gasteiger partial charge is 0.494 e. The van der Waals surface area contributed by atoms with Crippen LogP contribution in [0.3, 0.4) is 0 Å². The number of carboxylic acid groups (broad SMARTS) is 1. The Kier molecular flexibility index (Phi) is 7.39. The second kappa shape index (κ2) is 9.67. The topological polar surface area (TPSA) is 49.8 Å². The molecule has 31 heavy (non-hydrogen) atoms. The minimum Gasteiger partial charge on any atom is -0.494 e. The second-order valence-corrected chi connectivity index (χ2v) is 8.18. The van der Waals surface area contributed by atoms with Crippen molar-refractivity contribution in [2.45, 2.75) is 44.4 Å². The van der Waals surface area contributed by atoms with Crippen molar-refractivity contribution in [3.05, 3.63) is 63.1 Å². The highest BCUT2D eigenvalue weighted by molar-refractivity contribution is 6.31. The molecule has 0 aliphatic carbocycles. The van der Waals surface area contributed by atoms with Crippen molar-refractivity contribution in [2.24, 2.45) is 0 Å². The Morgan fingerprint density at radius 1 is 1.19 bits per heavy atom. The molecule has 0 aromatic heterocycles. The molecule has 0 saturated carbocycles. The zero-order valence-electron chi connectivity index (χ0n) is 16.8. The van der Waals surface area contributed by atoms with Gasteiger partial charge in [0.05, 0.1) is 18.2 Å². The first kappa shape index (κ1) is 23.7. The molecule has 168 valence electrons. The van der Waals surface area contributed by atoms with Gasteiger partial charge in [-0.15, -0.1) is 0 Å². The number of alkyl halides is 3. The van der Waals surface area contributed by atoms with Crippen LogP contribution in [0, 0.1) is 0 Å². The molecule has 0 bridgehead atoms. The zero-order valence-corrected chi connectivity index (χ0v) is 18.3. The van der Waals surface area contributed by atoms with Crippen molar-refractivity contribution >= 4 is 29.2 Å². The van der Waals surface area contributed by atoms with Crippen molar-refractivity contribution in [3.63, 3.8) is 0 Å². The molecule has 1 aliphatic rings. The third-order valence-electron chi connectivity index (χ3n) is 5.35. The van der Waals surface area contributed by atoms with Crippen LogP contribution in [0.25, 0.3) is 0 Å². The van der Waals surface area contributed by atoms with Gasteiger partial charge in [-0.25, -0.2) is 0 Å². The van der Waals surface area contributed by atoms with E-state index in [9.17, 15) is 23.1 Å². The van der Waals surface area contributed by atoms with E-state index in [1.807, 2.05) is 0 Å². The van der Waals surface area contributed by atoms with Gasteiger partial charge in [0.2, 0.25) is 0 Å². The fourth-order valence-electron chi connectivity index (χ4n) is 4.00. The number of nitrogens with zero attached hydrogens (tertiary/aromatic N) is 1. The number of aliphatic carboxylic acids is 1. The van der Waals surface area contributed by atoms with Crippen LogP contribution in [-0.2, 0) is 11.0 Å². The highest BCUT2D eigenvalue weighted by atomic mass is 35.5. The highest BCUT2D eigenvalue weighted by Gasteiger charge is 2.39. The standard InChI is InChI=1S/C22H22Cl2F3NO3/c1-2-31-19-9-7-14(23)12-16(19)20(28-10-4-3-5-18(28)21(29)30)15-11-13(22(25,26)27)6-8-17(15)24/h6-9,11-12,18,20H,2-5,10H2,1H3,(H,29,30). The molecular formula is C22H22Cl2F3NO3. The summed E-state index contributed by atoms with van der Waals surface area (Å²) in [6.45, 7) is 2.48. The average Bonchev–Trinajstić information content (AvgIpc) is 2.71. The molecule has 0 amide bonds. The smallest absolute Gasteiger partial charge is 0.416 e. The van der Waals surface area contributed by atoms with Crippen molar-refractivity contribution < 1.29 is 27.8 Å². The third kappa shape index (κ3) is 5.27. The van der Waals surface area contributed by atoms with Gasteiger partial charge in [-0.05, 0) is 68.3 Å². The molecule has 3 rings (SSSR count). The molecule has 1 aliphatic heterocycles. The average molecular weight is 476 g/mol. The number of ether oxygens (including phenoxy) is 1. The molecule has 2 aromatic rings. The van der Waals surface area contributed by atoms with Gasteiger partial charge in [0, 0.05) is 15.6 Å². The van der Waals surface area contributed by atoms with Gasteiger partial charge >= 0.3 is 12.1 Å². The number of benzene rings is 2. The summed E-state index contributed by atoms with van der Waals surface area (Å²) in [5.74, 6) is -0.618. The van der Waals surface area contributed by atoms with Gasteiger partial charge in [-0.2, -0.15) is 13.2 Å². The molecule has 2 atom stereocenters. The Labute approximate surface area is 188 Å². The molecule has 1 saturated heterocycles. The number of carbonyl (C=O) groups is 1. The van der Waals surface area contributed by atoms with Gasteiger partial charge in [-0.3, -0.25) is 9.69 Å². The molecule has 1 heterocycles. The van der Waals surface area contributed by atoms with Crippen LogP contribution in [-0.4, -0.2) is 35.2 Å². The predicted octanol–water partition coefficient (Wildman–Crippen LogP) is 6.44. The van der Waals surface area contributed by atoms with E-state index in [1.54, 1.807) is 30.0 Å². The molecule has 0 spiro atoms. The number of likely N-dealkylation sites (tertiary alicyclic amines) is 1. The van der Waals surface area contributed by atoms with E-state index in [0.717, 1.165) is 12.1 Å². The molecule has 2 aromatic carbocycles. The zero-order chi connectivity index (χ0) is 22.8. The SMILES string of the molecule is CCOc1ccc(Cl)cc1C(c1cc(C(F)(F)F)ccc1Cl)N1CCCCC1C(=O)O. The van der Waals surface area contributed by atoms with Gasteiger partial charge in [0.15, 0.2) is 0 Å². The number of rotatable bonds is 6. The molecule has 9 heteroatoms. The van der Waals surface area contributed by atoms with E-state index in [0.29, 0.717) is 48.7 Å². The van der Waals surface area contributed by atoms with Crippen LogP contribution in [0.15, 0.2) is 36.4 Å². The molecule has 0 radical (unpaired) electrons. The maximum atomic E-state index is 13.5. The molecule has 1 fully saturated rings. The summed E-state index contributed by atoms with van der Waals surface area (Å²) in [7, 11) is 0. The maximum absolute atomic E-state index is 13.5. The number of hydrogen-bond donors (Lipinski definition) is 1. The summed E-state index contributed by atoms with van der Waals surface area (Å²) in [4.78, 5) is 13.7. The van der Waals surface area contributed by atoms with Crippen molar-refractivity contribution in [3.8, 4) is 5.75 Å². The number of piperidine rings is 1. The Balaban J connectivity index is 2.26. The summed E-state index contributed by atoms with van der Waals surface area (Å²) in [6, 6.07) is 6.18. The van der Waals surface area contributed by atoms with Crippen LogP contribution in [0.4, 0.5) is 13.2 Å². The summed E-state index contributed by atoms with van der Waals surface area (Å²) in [5, 5.41) is 10.3. The lowest BCUT2D eigenvalue weighted by Crippen LogP contribution is -2.47. The van der Waals surface area contributed by atoms with Crippen LogP contribution in [0.1, 0.15) is 48.9 Å². The van der Waals surface area contributed by atoms with Crippen LogP contribution in [0.5, 0.6) is 5.75 Å². The van der Waals surface area contributed by atoms with E-state index in [2.05, 4.69) is 0 Å². The van der Waals surface area contributed by atoms with Gasteiger partial charge in [0.25, 0.3) is 0 Å². The minimum atomic E-state index is -4.57. The minimum absolute atomic E-state index is 0.107. The lowest BCUT2D eigenvalue weighted by Gasteiger charge is -2.40. The number of carboxylic acids is 1. The summed E-state index contributed by atoms with van der Waals surface area (Å²) in [5.41, 5.74) is -0.225. The summed E-state index contributed by atoms with van der Waals surface area (Å²) >= 11 is 12.6. The monoisotopic (exact) mass is 475 g/mol. The Morgan fingerprint density at radius 3 is 2.58 bits per heavy atom. The first-order chi connectivity index (χ1) is 14.6.